The van der Waals surface area contributed by atoms with Crippen LogP contribution in [-0.2, 0) is 22.4 Å². The van der Waals surface area contributed by atoms with Crippen LogP contribution in [0.5, 0.6) is 0 Å². The monoisotopic (exact) mass is 423 g/mol. The van der Waals surface area contributed by atoms with E-state index in [9.17, 15) is 9.59 Å². The van der Waals surface area contributed by atoms with Crippen molar-refractivity contribution >= 4 is 40.1 Å². The van der Waals surface area contributed by atoms with Crippen LogP contribution in [0.15, 0.2) is 36.5 Å². The minimum atomic E-state index is -0.999. The molecule has 2 aromatic heterocycles. The van der Waals surface area contributed by atoms with Gasteiger partial charge in [-0.2, -0.15) is 0 Å². The number of halogens is 1. The van der Waals surface area contributed by atoms with Crippen molar-refractivity contribution in [3.8, 4) is 0 Å². The van der Waals surface area contributed by atoms with Gasteiger partial charge < -0.3 is 10.1 Å². The topological polar surface area (TPSA) is 81.2 Å². The molecule has 1 amide bonds. The Morgan fingerprint density at radius 1 is 1.20 bits per heavy atom. The van der Waals surface area contributed by atoms with Crippen molar-refractivity contribution in [1.82, 2.24) is 9.97 Å². The van der Waals surface area contributed by atoms with Gasteiger partial charge in [-0.05, 0) is 69.4 Å². The fraction of sp³-hybridized carbons (Fsp3) is 0.304. The third-order valence-electron chi connectivity index (χ3n) is 5.29. The van der Waals surface area contributed by atoms with Gasteiger partial charge in [-0.1, -0.05) is 23.2 Å². The summed E-state index contributed by atoms with van der Waals surface area (Å²) in [6, 6.07) is 9.16. The Labute approximate surface area is 179 Å². The number of aryl methyl sites for hydroxylation is 2. The van der Waals surface area contributed by atoms with Crippen LogP contribution in [0.3, 0.4) is 0 Å². The van der Waals surface area contributed by atoms with E-state index in [1.54, 1.807) is 19.1 Å². The number of ether oxygens (including phenoxy) is 1. The smallest absolute Gasteiger partial charge is 0.339 e. The molecule has 30 heavy (non-hydrogen) atoms. The molecule has 0 radical (unpaired) electrons. The van der Waals surface area contributed by atoms with Crippen molar-refractivity contribution in [3.05, 3.63) is 64.1 Å². The Morgan fingerprint density at radius 2 is 2.00 bits per heavy atom. The lowest BCUT2D eigenvalue weighted by atomic mass is 9.89. The zero-order valence-corrected chi connectivity index (χ0v) is 17.6. The number of rotatable bonds is 4. The first kappa shape index (κ1) is 20.3. The molecular weight excluding hydrogens is 402 g/mol. The third kappa shape index (κ3) is 4.00. The maximum absolute atomic E-state index is 13.2. The van der Waals surface area contributed by atoms with Gasteiger partial charge in [0.05, 0.1) is 16.8 Å². The van der Waals surface area contributed by atoms with Gasteiger partial charge in [-0.3, -0.25) is 9.78 Å². The molecule has 0 spiro atoms. The van der Waals surface area contributed by atoms with Crippen LogP contribution < -0.4 is 5.32 Å². The molecule has 0 saturated carbocycles. The number of aromatic nitrogens is 2. The van der Waals surface area contributed by atoms with Crippen LogP contribution >= 0.6 is 11.6 Å². The van der Waals surface area contributed by atoms with Crippen molar-refractivity contribution in [1.29, 1.82) is 0 Å². The highest BCUT2D eigenvalue weighted by molar-refractivity contribution is 6.32. The van der Waals surface area contributed by atoms with Crippen molar-refractivity contribution < 1.29 is 14.3 Å². The molecule has 154 valence electrons. The Balaban J connectivity index is 1.63. The summed E-state index contributed by atoms with van der Waals surface area (Å²) in [4.78, 5) is 34.5. The van der Waals surface area contributed by atoms with Crippen molar-refractivity contribution in [3.63, 3.8) is 0 Å². The SMILES string of the molecule is Cc1ccc2nc3c(c(C(=O)OC(C)C(=O)Nc4cccnc4Cl)c2c1)CCCC3. The summed E-state index contributed by atoms with van der Waals surface area (Å²) in [5.74, 6) is -0.979. The van der Waals surface area contributed by atoms with Gasteiger partial charge in [0, 0.05) is 17.3 Å². The molecule has 0 saturated heterocycles. The molecule has 1 aliphatic carbocycles. The van der Waals surface area contributed by atoms with Crippen molar-refractivity contribution in [2.45, 2.75) is 45.6 Å². The molecule has 0 aliphatic heterocycles. The number of benzene rings is 1. The highest BCUT2D eigenvalue weighted by Crippen LogP contribution is 2.30. The average molecular weight is 424 g/mol. The van der Waals surface area contributed by atoms with Gasteiger partial charge in [0.25, 0.3) is 5.91 Å². The van der Waals surface area contributed by atoms with Crippen molar-refractivity contribution in [2.24, 2.45) is 0 Å². The number of nitrogens with zero attached hydrogens (tertiary/aromatic N) is 2. The lowest BCUT2D eigenvalue weighted by Crippen LogP contribution is -2.30. The zero-order chi connectivity index (χ0) is 21.3. The molecule has 6 nitrogen and oxygen atoms in total. The van der Waals surface area contributed by atoms with Gasteiger partial charge in [0.2, 0.25) is 0 Å². The molecule has 1 aromatic carbocycles. The quantitative estimate of drug-likeness (QED) is 0.487. The third-order valence-corrected chi connectivity index (χ3v) is 5.59. The molecule has 3 aromatic rings. The molecule has 1 N–H and O–H groups in total. The number of hydrogen-bond acceptors (Lipinski definition) is 5. The predicted molar refractivity (Wildman–Crippen MR) is 116 cm³/mol. The maximum atomic E-state index is 13.2. The number of fused-ring (bicyclic) bond motifs is 2. The van der Waals surface area contributed by atoms with Crippen LogP contribution in [0, 0.1) is 6.92 Å². The van der Waals surface area contributed by atoms with Crippen LogP contribution in [0.1, 0.15) is 46.9 Å². The lowest BCUT2D eigenvalue weighted by Gasteiger charge is -2.21. The Kier molecular flexibility index (Phi) is 5.68. The van der Waals surface area contributed by atoms with E-state index in [2.05, 4.69) is 10.3 Å². The average Bonchev–Trinajstić information content (AvgIpc) is 2.73. The van der Waals surface area contributed by atoms with Crippen LogP contribution in [0.25, 0.3) is 10.9 Å². The summed E-state index contributed by atoms with van der Waals surface area (Å²) in [5.41, 5.74) is 4.58. The summed E-state index contributed by atoms with van der Waals surface area (Å²) in [6.07, 6.45) is 4.21. The van der Waals surface area contributed by atoms with Gasteiger partial charge in [-0.15, -0.1) is 0 Å². The number of hydrogen-bond donors (Lipinski definition) is 1. The highest BCUT2D eigenvalue weighted by atomic mass is 35.5. The molecule has 0 bridgehead atoms. The molecular formula is C23H22ClN3O3. The number of anilines is 1. The van der Waals surface area contributed by atoms with E-state index in [1.807, 2.05) is 25.1 Å². The Bertz CT molecular complexity index is 1150. The largest absolute Gasteiger partial charge is 0.449 e. The number of pyridine rings is 2. The number of carbonyl (C=O) groups excluding carboxylic acids is 2. The highest BCUT2D eigenvalue weighted by Gasteiger charge is 2.27. The lowest BCUT2D eigenvalue weighted by molar-refractivity contribution is -0.123. The van der Waals surface area contributed by atoms with E-state index >= 15 is 0 Å². The van der Waals surface area contributed by atoms with Gasteiger partial charge in [0.1, 0.15) is 0 Å². The van der Waals surface area contributed by atoms with E-state index < -0.39 is 18.0 Å². The second-order valence-electron chi connectivity index (χ2n) is 7.52. The predicted octanol–water partition coefficient (Wildman–Crippen LogP) is 4.65. The van der Waals surface area contributed by atoms with Gasteiger partial charge in [0.15, 0.2) is 11.3 Å². The molecule has 7 heteroatoms. The van der Waals surface area contributed by atoms with E-state index in [0.717, 1.165) is 53.4 Å². The van der Waals surface area contributed by atoms with Crippen LogP contribution in [0.4, 0.5) is 5.69 Å². The normalized spacial score (nSPS) is 14.1. The molecule has 2 heterocycles. The first-order chi connectivity index (χ1) is 14.4. The number of amides is 1. The maximum Gasteiger partial charge on any atom is 0.339 e. The Hall–Kier alpha value is -2.99. The molecule has 4 rings (SSSR count). The number of nitrogens with one attached hydrogen (secondary N) is 1. The van der Waals surface area contributed by atoms with Crippen molar-refractivity contribution in [2.75, 3.05) is 5.32 Å². The number of esters is 1. The molecule has 1 unspecified atom stereocenters. The summed E-state index contributed by atoms with van der Waals surface area (Å²) in [5, 5.41) is 3.59. The minimum Gasteiger partial charge on any atom is -0.449 e. The molecule has 1 aliphatic rings. The summed E-state index contributed by atoms with van der Waals surface area (Å²) < 4.78 is 5.58. The number of carbonyl (C=O) groups is 2. The second-order valence-corrected chi connectivity index (χ2v) is 7.88. The molecule has 0 fully saturated rings. The zero-order valence-electron chi connectivity index (χ0n) is 16.9. The summed E-state index contributed by atoms with van der Waals surface area (Å²) in [7, 11) is 0. The van der Waals surface area contributed by atoms with E-state index in [4.69, 9.17) is 21.3 Å². The van der Waals surface area contributed by atoms with Crippen LogP contribution in [0.2, 0.25) is 5.15 Å². The Morgan fingerprint density at radius 3 is 2.80 bits per heavy atom. The van der Waals surface area contributed by atoms with E-state index in [1.165, 1.54) is 6.20 Å². The fourth-order valence-corrected chi connectivity index (χ4v) is 3.92. The summed E-state index contributed by atoms with van der Waals surface area (Å²) >= 11 is 5.99. The van der Waals surface area contributed by atoms with Gasteiger partial charge >= 0.3 is 5.97 Å². The van der Waals surface area contributed by atoms with Gasteiger partial charge in [-0.25, -0.2) is 9.78 Å². The van der Waals surface area contributed by atoms with Crippen LogP contribution in [-0.4, -0.2) is 27.9 Å². The molecule has 1 atom stereocenters. The second kappa shape index (κ2) is 8.40. The van der Waals surface area contributed by atoms with E-state index in [0.29, 0.717) is 11.3 Å². The van der Waals surface area contributed by atoms with E-state index in [-0.39, 0.29) is 5.15 Å². The minimum absolute atomic E-state index is 0.175. The summed E-state index contributed by atoms with van der Waals surface area (Å²) in [6.45, 7) is 3.51. The fourth-order valence-electron chi connectivity index (χ4n) is 3.76. The first-order valence-electron chi connectivity index (χ1n) is 9.98. The standard InChI is InChI=1S/C23H22ClN3O3/c1-13-9-10-18-16(12-13)20(15-6-3-4-7-17(15)26-18)23(29)30-14(2)22(28)27-19-8-5-11-25-21(19)24/h5,8-12,14H,3-4,6-7H2,1-2H3,(H,27,28). The first-order valence-corrected chi connectivity index (χ1v) is 10.4.